The minimum Gasteiger partial charge on any atom is -0.481 e. The Morgan fingerprint density at radius 2 is 2.46 bits per heavy atom. The van der Waals surface area contributed by atoms with Crippen LogP contribution >= 0.6 is 0 Å². The summed E-state index contributed by atoms with van der Waals surface area (Å²) in [5.41, 5.74) is 5.43. The van der Waals surface area contributed by atoms with Crippen molar-refractivity contribution in [2.24, 2.45) is 11.7 Å². The Kier molecular flexibility index (Phi) is 3.52. The molecule has 1 rings (SSSR count). The monoisotopic (exact) mass is 183 g/mol. The van der Waals surface area contributed by atoms with E-state index in [-0.39, 0.29) is 12.3 Å². The lowest BCUT2D eigenvalue weighted by Crippen LogP contribution is -2.20. The summed E-state index contributed by atoms with van der Waals surface area (Å²) in [6.45, 7) is 0.368. The van der Waals surface area contributed by atoms with Crippen molar-refractivity contribution in [3.05, 3.63) is 24.2 Å². The predicted octanol–water partition coefficient (Wildman–Crippen LogP) is 0.872. The smallest absolute Gasteiger partial charge is 0.303 e. The highest BCUT2D eigenvalue weighted by molar-refractivity contribution is 5.67. The molecule has 0 saturated carbocycles. The summed E-state index contributed by atoms with van der Waals surface area (Å²) < 4.78 is 5.10. The molecule has 0 radical (unpaired) electrons. The third-order valence-electron chi connectivity index (χ3n) is 1.87. The Bertz CT molecular complexity index is 256. The van der Waals surface area contributed by atoms with Crippen LogP contribution in [0, 0.1) is 5.92 Å². The number of hydrogen-bond donors (Lipinski definition) is 2. The van der Waals surface area contributed by atoms with E-state index < -0.39 is 5.97 Å². The number of furan rings is 1. The van der Waals surface area contributed by atoms with Gasteiger partial charge in [0.2, 0.25) is 0 Å². The number of rotatable bonds is 5. The zero-order valence-corrected chi connectivity index (χ0v) is 7.27. The summed E-state index contributed by atoms with van der Waals surface area (Å²) in [4.78, 5) is 10.4. The fourth-order valence-corrected chi connectivity index (χ4v) is 1.20. The maximum Gasteiger partial charge on any atom is 0.303 e. The first-order valence-corrected chi connectivity index (χ1v) is 4.16. The molecule has 4 heteroatoms. The van der Waals surface area contributed by atoms with Crippen molar-refractivity contribution in [3.63, 3.8) is 0 Å². The minimum atomic E-state index is -0.818. The largest absolute Gasteiger partial charge is 0.481 e. The number of nitrogens with two attached hydrogens (primary N) is 1. The van der Waals surface area contributed by atoms with E-state index in [0.717, 1.165) is 5.76 Å². The highest BCUT2D eigenvalue weighted by atomic mass is 16.4. The van der Waals surface area contributed by atoms with Crippen molar-refractivity contribution in [1.82, 2.24) is 0 Å². The standard InChI is InChI=1S/C9H13NO3/c10-6-7(5-9(11)12)4-8-2-1-3-13-8/h1-3,7H,4-6,10H2,(H,11,12)/t7-/m0/s1. The van der Waals surface area contributed by atoms with Crippen molar-refractivity contribution < 1.29 is 14.3 Å². The zero-order valence-electron chi connectivity index (χ0n) is 7.27. The van der Waals surface area contributed by atoms with Gasteiger partial charge in [0.25, 0.3) is 0 Å². The van der Waals surface area contributed by atoms with E-state index in [1.54, 1.807) is 12.3 Å². The first kappa shape index (κ1) is 9.80. The lowest BCUT2D eigenvalue weighted by molar-refractivity contribution is -0.138. The van der Waals surface area contributed by atoms with Crippen molar-refractivity contribution in [1.29, 1.82) is 0 Å². The molecule has 1 heterocycles. The van der Waals surface area contributed by atoms with Crippen LogP contribution in [0.25, 0.3) is 0 Å². The summed E-state index contributed by atoms with van der Waals surface area (Å²) in [7, 11) is 0. The van der Waals surface area contributed by atoms with Gasteiger partial charge in [-0.25, -0.2) is 0 Å². The van der Waals surface area contributed by atoms with Gasteiger partial charge in [-0.1, -0.05) is 0 Å². The van der Waals surface area contributed by atoms with E-state index in [0.29, 0.717) is 13.0 Å². The third-order valence-corrected chi connectivity index (χ3v) is 1.87. The molecule has 0 unspecified atom stereocenters. The molecule has 1 aromatic heterocycles. The summed E-state index contributed by atoms with van der Waals surface area (Å²) in [6.07, 6.45) is 2.26. The maximum absolute atomic E-state index is 10.4. The highest BCUT2D eigenvalue weighted by Crippen LogP contribution is 2.11. The summed E-state index contributed by atoms with van der Waals surface area (Å²) in [5.74, 6) is -0.0673. The summed E-state index contributed by atoms with van der Waals surface area (Å²) >= 11 is 0. The lowest BCUT2D eigenvalue weighted by atomic mass is 10.0. The summed E-state index contributed by atoms with van der Waals surface area (Å²) in [6, 6.07) is 3.61. The average molecular weight is 183 g/mol. The van der Waals surface area contributed by atoms with Gasteiger partial charge in [-0.2, -0.15) is 0 Å². The Hall–Kier alpha value is -1.29. The van der Waals surface area contributed by atoms with E-state index in [1.807, 2.05) is 6.07 Å². The van der Waals surface area contributed by atoms with Gasteiger partial charge < -0.3 is 15.3 Å². The van der Waals surface area contributed by atoms with E-state index in [1.165, 1.54) is 0 Å². The number of aliphatic carboxylic acids is 1. The van der Waals surface area contributed by atoms with Crippen molar-refractivity contribution in [2.75, 3.05) is 6.54 Å². The number of carboxylic acids is 1. The predicted molar refractivity (Wildman–Crippen MR) is 47.2 cm³/mol. The molecule has 0 aliphatic carbocycles. The van der Waals surface area contributed by atoms with Crippen LogP contribution in [0.1, 0.15) is 12.2 Å². The Morgan fingerprint density at radius 3 is 2.92 bits per heavy atom. The Labute approximate surface area is 76.3 Å². The molecule has 0 saturated heterocycles. The molecule has 4 nitrogen and oxygen atoms in total. The second kappa shape index (κ2) is 4.67. The van der Waals surface area contributed by atoms with Gasteiger partial charge in [0.15, 0.2) is 0 Å². The van der Waals surface area contributed by atoms with Crippen LogP contribution in [-0.2, 0) is 11.2 Å². The van der Waals surface area contributed by atoms with Gasteiger partial charge >= 0.3 is 5.97 Å². The summed E-state index contributed by atoms with van der Waals surface area (Å²) in [5, 5.41) is 8.56. The topological polar surface area (TPSA) is 76.5 Å². The van der Waals surface area contributed by atoms with Crippen LogP contribution in [-0.4, -0.2) is 17.6 Å². The Morgan fingerprint density at radius 1 is 1.69 bits per heavy atom. The molecule has 1 atom stereocenters. The van der Waals surface area contributed by atoms with E-state index in [4.69, 9.17) is 15.3 Å². The van der Waals surface area contributed by atoms with E-state index in [9.17, 15) is 4.79 Å². The molecule has 3 N–H and O–H groups in total. The fourth-order valence-electron chi connectivity index (χ4n) is 1.20. The van der Waals surface area contributed by atoms with Crippen molar-refractivity contribution >= 4 is 5.97 Å². The van der Waals surface area contributed by atoms with Gasteiger partial charge in [-0.3, -0.25) is 4.79 Å². The Balaban J connectivity index is 2.45. The first-order chi connectivity index (χ1) is 6.22. The van der Waals surface area contributed by atoms with E-state index >= 15 is 0 Å². The van der Waals surface area contributed by atoms with Crippen molar-refractivity contribution in [2.45, 2.75) is 12.8 Å². The highest BCUT2D eigenvalue weighted by Gasteiger charge is 2.13. The van der Waals surface area contributed by atoms with Gasteiger partial charge in [0.1, 0.15) is 5.76 Å². The van der Waals surface area contributed by atoms with Gasteiger partial charge in [-0.05, 0) is 24.6 Å². The van der Waals surface area contributed by atoms with Gasteiger partial charge in [0.05, 0.1) is 6.26 Å². The minimum absolute atomic E-state index is 0.0383. The second-order valence-electron chi connectivity index (χ2n) is 2.98. The molecule has 13 heavy (non-hydrogen) atoms. The second-order valence-corrected chi connectivity index (χ2v) is 2.98. The van der Waals surface area contributed by atoms with Crippen molar-refractivity contribution in [3.8, 4) is 0 Å². The molecule has 0 amide bonds. The SMILES string of the molecule is NC[C@H](CC(=O)O)Cc1ccco1. The van der Waals surface area contributed by atoms with Crippen LogP contribution < -0.4 is 5.73 Å². The molecule has 0 aromatic carbocycles. The molecular weight excluding hydrogens is 170 g/mol. The average Bonchev–Trinajstić information content (AvgIpc) is 2.55. The van der Waals surface area contributed by atoms with Gasteiger partial charge in [-0.15, -0.1) is 0 Å². The molecule has 0 aliphatic rings. The van der Waals surface area contributed by atoms with E-state index in [2.05, 4.69) is 0 Å². The normalized spacial score (nSPS) is 12.7. The molecule has 0 aliphatic heterocycles. The molecule has 0 spiro atoms. The molecule has 0 fully saturated rings. The maximum atomic E-state index is 10.4. The number of hydrogen-bond acceptors (Lipinski definition) is 3. The van der Waals surface area contributed by atoms with Crippen LogP contribution in [0.2, 0.25) is 0 Å². The molecular formula is C9H13NO3. The molecule has 72 valence electrons. The lowest BCUT2D eigenvalue weighted by Gasteiger charge is -2.09. The fraction of sp³-hybridized carbons (Fsp3) is 0.444. The van der Waals surface area contributed by atoms with Crippen LogP contribution in [0.4, 0.5) is 0 Å². The van der Waals surface area contributed by atoms with Crippen LogP contribution in [0.5, 0.6) is 0 Å². The van der Waals surface area contributed by atoms with Gasteiger partial charge in [0, 0.05) is 12.8 Å². The molecule has 0 bridgehead atoms. The number of carbonyl (C=O) groups is 1. The van der Waals surface area contributed by atoms with Crippen LogP contribution in [0.3, 0.4) is 0 Å². The first-order valence-electron chi connectivity index (χ1n) is 4.16. The molecule has 1 aromatic rings. The quantitative estimate of drug-likeness (QED) is 0.710. The third kappa shape index (κ3) is 3.29. The van der Waals surface area contributed by atoms with Crippen LogP contribution in [0.15, 0.2) is 22.8 Å². The zero-order chi connectivity index (χ0) is 9.68. The number of carboxylic acid groups (broad SMARTS) is 1.